The van der Waals surface area contributed by atoms with Crippen LogP contribution in [-0.4, -0.2) is 16.5 Å². The van der Waals surface area contributed by atoms with Crippen LogP contribution < -0.4 is 10.2 Å². The fraction of sp³-hybridized carbons (Fsp3) is 0.167. The first-order valence-electron chi connectivity index (χ1n) is 9.69. The molecule has 4 aromatic rings. The summed E-state index contributed by atoms with van der Waals surface area (Å²) < 4.78 is 0. The van der Waals surface area contributed by atoms with E-state index in [4.69, 9.17) is 9.97 Å². The Kier molecular flexibility index (Phi) is 5.36. The molecule has 0 unspecified atom stereocenters. The van der Waals surface area contributed by atoms with E-state index in [0.29, 0.717) is 5.95 Å². The molecular weight excluding hydrogens is 380 g/mol. The molecule has 0 fully saturated rings. The minimum Gasteiger partial charge on any atom is -0.351 e. The van der Waals surface area contributed by atoms with Crippen molar-refractivity contribution >= 4 is 40.8 Å². The normalized spacial score (nSPS) is 12.9. The van der Waals surface area contributed by atoms with Crippen LogP contribution in [0, 0.1) is 6.92 Å². The van der Waals surface area contributed by atoms with Gasteiger partial charge >= 0.3 is 0 Å². The predicted molar refractivity (Wildman–Crippen MR) is 122 cm³/mol. The molecule has 29 heavy (non-hydrogen) atoms. The van der Waals surface area contributed by atoms with Crippen LogP contribution in [0.15, 0.2) is 72.8 Å². The lowest BCUT2D eigenvalue weighted by Gasteiger charge is -2.30. The van der Waals surface area contributed by atoms with Gasteiger partial charge in [0, 0.05) is 24.2 Å². The van der Waals surface area contributed by atoms with Gasteiger partial charge in [0.2, 0.25) is 5.95 Å². The van der Waals surface area contributed by atoms with Crippen LogP contribution in [0.1, 0.15) is 16.7 Å². The average Bonchev–Trinajstić information content (AvgIpc) is 2.74. The Labute approximate surface area is 177 Å². The SMILES string of the molecule is Cc1ccccc1Nc1nc(N2CCc3ccccc3C2)c2ccccc2n1.Cl. The number of rotatable bonds is 3. The molecule has 1 aliphatic rings. The summed E-state index contributed by atoms with van der Waals surface area (Å²) in [6, 6.07) is 25.2. The van der Waals surface area contributed by atoms with Crippen LogP contribution in [0.25, 0.3) is 10.9 Å². The Morgan fingerprint density at radius 1 is 0.828 bits per heavy atom. The molecule has 1 aliphatic heterocycles. The van der Waals surface area contributed by atoms with Crippen molar-refractivity contribution in [3.8, 4) is 0 Å². The van der Waals surface area contributed by atoms with E-state index in [-0.39, 0.29) is 12.4 Å². The molecule has 0 amide bonds. The third kappa shape index (κ3) is 3.76. The highest BCUT2D eigenvalue weighted by atomic mass is 35.5. The van der Waals surface area contributed by atoms with E-state index in [1.165, 1.54) is 16.7 Å². The van der Waals surface area contributed by atoms with Crippen molar-refractivity contribution in [1.82, 2.24) is 9.97 Å². The van der Waals surface area contributed by atoms with Crippen molar-refractivity contribution in [3.05, 3.63) is 89.5 Å². The van der Waals surface area contributed by atoms with Crippen LogP contribution in [0.5, 0.6) is 0 Å². The molecule has 0 radical (unpaired) electrons. The third-order valence-corrected chi connectivity index (χ3v) is 5.40. The molecule has 0 saturated heterocycles. The summed E-state index contributed by atoms with van der Waals surface area (Å²) in [5.41, 5.74) is 5.99. The van der Waals surface area contributed by atoms with Gasteiger partial charge in [0.15, 0.2) is 0 Å². The molecule has 2 heterocycles. The highest BCUT2D eigenvalue weighted by molar-refractivity contribution is 5.91. The Morgan fingerprint density at radius 2 is 1.55 bits per heavy atom. The van der Waals surface area contributed by atoms with E-state index in [1.807, 2.05) is 18.2 Å². The summed E-state index contributed by atoms with van der Waals surface area (Å²) in [4.78, 5) is 12.1. The van der Waals surface area contributed by atoms with E-state index in [9.17, 15) is 0 Å². The van der Waals surface area contributed by atoms with Gasteiger partial charge in [0.05, 0.1) is 5.52 Å². The van der Waals surface area contributed by atoms with E-state index < -0.39 is 0 Å². The number of hydrogen-bond donors (Lipinski definition) is 1. The summed E-state index contributed by atoms with van der Waals surface area (Å²) in [5, 5.41) is 4.51. The number of nitrogens with one attached hydrogen (secondary N) is 1. The van der Waals surface area contributed by atoms with Gasteiger partial charge < -0.3 is 10.2 Å². The van der Waals surface area contributed by atoms with E-state index in [0.717, 1.165) is 41.9 Å². The Bertz CT molecular complexity index is 1160. The van der Waals surface area contributed by atoms with E-state index in [2.05, 4.69) is 71.7 Å². The number of para-hydroxylation sites is 2. The molecular formula is C24H23ClN4. The Hall–Kier alpha value is -3.11. The smallest absolute Gasteiger partial charge is 0.229 e. The quantitative estimate of drug-likeness (QED) is 0.479. The maximum Gasteiger partial charge on any atom is 0.229 e. The van der Waals surface area contributed by atoms with Gasteiger partial charge in [-0.1, -0.05) is 54.6 Å². The van der Waals surface area contributed by atoms with Crippen LogP contribution in [-0.2, 0) is 13.0 Å². The van der Waals surface area contributed by atoms with Crippen molar-refractivity contribution in [2.75, 3.05) is 16.8 Å². The minimum absolute atomic E-state index is 0. The van der Waals surface area contributed by atoms with Crippen molar-refractivity contribution in [3.63, 3.8) is 0 Å². The number of benzene rings is 3. The fourth-order valence-corrected chi connectivity index (χ4v) is 3.87. The van der Waals surface area contributed by atoms with Gasteiger partial charge in [0.25, 0.3) is 0 Å². The molecule has 1 aromatic heterocycles. The second kappa shape index (κ2) is 8.10. The summed E-state index contributed by atoms with van der Waals surface area (Å²) >= 11 is 0. The highest BCUT2D eigenvalue weighted by Gasteiger charge is 2.20. The third-order valence-electron chi connectivity index (χ3n) is 5.40. The largest absolute Gasteiger partial charge is 0.351 e. The highest BCUT2D eigenvalue weighted by Crippen LogP contribution is 2.30. The monoisotopic (exact) mass is 402 g/mol. The fourth-order valence-electron chi connectivity index (χ4n) is 3.87. The molecule has 3 aromatic carbocycles. The zero-order chi connectivity index (χ0) is 18.9. The number of aryl methyl sites for hydroxylation is 1. The molecule has 0 atom stereocenters. The van der Waals surface area contributed by atoms with Crippen LogP contribution in [0.2, 0.25) is 0 Å². The van der Waals surface area contributed by atoms with Crippen LogP contribution >= 0.6 is 12.4 Å². The standard InChI is InChI=1S/C24H22N4.ClH/c1-17-8-2-6-12-21(17)25-24-26-22-13-7-5-11-20(22)23(27-24)28-15-14-18-9-3-4-10-19(18)16-28;/h2-13H,14-16H2,1H3,(H,25,26,27);1H. The van der Waals surface area contributed by atoms with Crippen molar-refractivity contribution in [1.29, 1.82) is 0 Å². The van der Waals surface area contributed by atoms with Gasteiger partial charge in [-0.15, -0.1) is 12.4 Å². The number of nitrogens with zero attached hydrogens (tertiary/aromatic N) is 3. The number of aromatic nitrogens is 2. The van der Waals surface area contributed by atoms with Gasteiger partial charge in [0.1, 0.15) is 5.82 Å². The number of hydrogen-bond acceptors (Lipinski definition) is 4. The number of anilines is 3. The summed E-state index contributed by atoms with van der Waals surface area (Å²) in [7, 11) is 0. The molecule has 4 nitrogen and oxygen atoms in total. The van der Waals surface area contributed by atoms with Gasteiger partial charge in [-0.05, 0) is 48.2 Å². The zero-order valence-corrected chi connectivity index (χ0v) is 17.1. The van der Waals surface area contributed by atoms with Crippen LogP contribution in [0.3, 0.4) is 0 Å². The lowest BCUT2D eigenvalue weighted by Crippen LogP contribution is -2.31. The van der Waals surface area contributed by atoms with Gasteiger partial charge in [-0.3, -0.25) is 0 Å². The Balaban J connectivity index is 0.00000205. The molecule has 0 spiro atoms. The molecule has 0 bridgehead atoms. The lowest BCUT2D eigenvalue weighted by atomic mass is 10.00. The van der Waals surface area contributed by atoms with Crippen molar-refractivity contribution < 1.29 is 0 Å². The second-order valence-electron chi connectivity index (χ2n) is 7.27. The number of halogens is 1. The number of fused-ring (bicyclic) bond motifs is 2. The molecule has 0 aliphatic carbocycles. The first-order chi connectivity index (χ1) is 13.8. The lowest BCUT2D eigenvalue weighted by molar-refractivity contribution is 0.723. The summed E-state index contributed by atoms with van der Waals surface area (Å²) in [6.45, 7) is 3.93. The molecule has 5 heteroatoms. The topological polar surface area (TPSA) is 41.1 Å². The first kappa shape index (κ1) is 19.2. The first-order valence-corrected chi connectivity index (χ1v) is 9.69. The summed E-state index contributed by atoms with van der Waals surface area (Å²) in [6.07, 6.45) is 1.04. The molecule has 0 saturated carbocycles. The second-order valence-corrected chi connectivity index (χ2v) is 7.27. The maximum absolute atomic E-state index is 4.94. The molecule has 5 rings (SSSR count). The molecule has 1 N–H and O–H groups in total. The van der Waals surface area contributed by atoms with Crippen molar-refractivity contribution in [2.24, 2.45) is 0 Å². The van der Waals surface area contributed by atoms with E-state index >= 15 is 0 Å². The van der Waals surface area contributed by atoms with Crippen molar-refractivity contribution in [2.45, 2.75) is 19.9 Å². The van der Waals surface area contributed by atoms with E-state index in [1.54, 1.807) is 0 Å². The zero-order valence-electron chi connectivity index (χ0n) is 16.3. The Morgan fingerprint density at radius 3 is 2.41 bits per heavy atom. The van der Waals surface area contributed by atoms with Crippen LogP contribution in [0.4, 0.5) is 17.5 Å². The minimum atomic E-state index is 0. The average molecular weight is 403 g/mol. The van der Waals surface area contributed by atoms with Gasteiger partial charge in [-0.2, -0.15) is 4.98 Å². The molecule has 146 valence electrons. The predicted octanol–water partition coefficient (Wildman–Crippen LogP) is 5.67. The van der Waals surface area contributed by atoms with Gasteiger partial charge in [-0.25, -0.2) is 4.98 Å². The summed E-state index contributed by atoms with van der Waals surface area (Å²) in [5.74, 6) is 1.64. The maximum atomic E-state index is 4.94.